The van der Waals surface area contributed by atoms with Gasteiger partial charge in [-0.3, -0.25) is 4.90 Å². The monoisotopic (exact) mass is 241 g/mol. The number of likely N-dealkylation sites (tertiary alicyclic amines) is 2. The molecule has 0 amide bonds. The van der Waals surface area contributed by atoms with Crippen LogP contribution in [-0.2, 0) is 0 Å². The summed E-state index contributed by atoms with van der Waals surface area (Å²) in [4.78, 5) is 5.64. The van der Waals surface area contributed by atoms with Crippen LogP contribution in [0, 0.1) is 5.92 Å². The third-order valence-corrected chi connectivity index (χ3v) is 4.68. The predicted octanol–water partition coefficient (Wildman–Crippen LogP) is 1.08. The van der Waals surface area contributed by atoms with Crippen molar-refractivity contribution in [3.63, 3.8) is 0 Å². The van der Waals surface area contributed by atoms with E-state index >= 15 is 0 Å². The zero-order chi connectivity index (χ0) is 11.7. The van der Waals surface area contributed by atoms with Gasteiger partial charge in [0.15, 0.2) is 0 Å². The second-order valence-electron chi connectivity index (χ2n) is 5.31. The summed E-state index contributed by atoms with van der Waals surface area (Å²) in [6, 6.07) is 1.06. The molecule has 2 N–H and O–H groups in total. The largest absolute Gasteiger partial charge is 0.392 e. The van der Waals surface area contributed by atoms with E-state index in [0.29, 0.717) is 4.99 Å². The Morgan fingerprint density at radius 3 is 2.81 bits per heavy atom. The van der Waals surface area contributed by atoms with Gasteiger partial charge >= 0.3 is 0 Å². The number of nitrogens with zero attached hydrogens (tertiary/aromatic N) is 2. The van der Waals surface area contributed by atoms with Gasteiger partial charge in [0.2, 0.25) is 0 Å². The minimum atomic E-state index is 0.267. The number of nitrogens with two attached hydrogens (primary N) is 1. The molecule has 0 saturated carbocycles. The van der Waals surface area contributed by atoms with Crippen molar-refractivity contribution in [3.8, 4) is 0 Å². The molecule has 4 heteroatoms. The second kappa shape index (κ2) is 4.98. The summed E-state index contributed by atoms with van der Waals surface area (Å²) >= 11 is 5.09. The maximum absolute atomic E-state index is 5.74. The van der Waals surface area contributed by atoms with Crippen molar-refractivity contribution in [1.29, 1.82) is 0 Å². The highest BCUT2D eigenvalue weighted by molar-refractivity contribution is 7.80. The van der Waals surface area contributed by atoms with Crippen molar-refractivity contribution in [3.05, 3.63) is 0 Å². The molecule has 0 spiro atoms. The van der Waals surface area contributed by atoms with E-state index in [1.807, 2.05) is 0 Å². The van der Waals surface area contributed by atoms with Gasteiger partial charge in [0.1, 0.15) is 0 Å². The quantitative estimate of drug-likeness (QED) is 0.733. The Balaban J connectivity index is 1.97. The van der Waals surface area contributed by atoms with E-state index in [2.05, 4.69) is 23.8 Å². The lowest BCUT2D eigenvalue weighted by Gasteiger charge is -2.47. The number of rotatable bonds is 2. The average molecular weight is 241 g/mol. The van der Waals surface area contributed by atoms with E-state index in [0.717, 1.165) is 18.5 Å². The molecule has 2 aliphatic heterocycles. The summed E-state index contributed by atoms with van der Waals surface area (Å²) in [5, 5.41) is 0. The molecule has 0 radical (unpaired) electrons. The summed E-state index contributed by atoms with van der Waals surface area (Å²) in [5.74, 6) is 0.823. The minimum absolute atomic E-state index is 0.267. The van der Waals surface area contributed by atoms with Gasteiger partial charge in [-0.15, -0.1) is 0 Å². The topological polar surface area (TPSA) is 32.5 Å². The van der Waals surface area contributed by atoms with Crippen LogP contribution >= 0.6 is 12.2 Å². The third-order valence-electron chi connectivity index (χ3n) is 4.34. The molecule has 2 fully saturated rings. The lowest BCUT2D eigenvalue weighted by molar-refractivity contribution is 0.0335. The Bertz CT molecular complexity index is 269. The first-order valence-corrected chi connectivity index (χ1v) is 6.74. The van der Waals surface area contributed by atoms with Gasteiger partial charge < -0.3 is 10.6 Å². The number of hydrogen-bond donors (Lipinski definition) is 1. The summed E-state index contributed by atoms with van der Waals surface area (Å²) in [6.45, 7) is 5.72. The highest BCUT2D eigenvalue weighted by Crippen LogP contribution is 2.30. The van der Waals surface area contributed by atoms with Crippen molar-refractivity contribution >= 4 is 17.2 Å². The van der Waals surface area contributed by atoms with Gasteiger partial charge in [-0.2, -0.15) is 0 Å². The van der Waals surface area contributed by atoms with Crippen molar-refractivity contribution in [1.82, 2.24) is 9.80 Å². The van der Waals surface area contributed by atoms with Crippen LogP contribution in [0.25, 0.3) is 0 Å². The van der Waals surface area contributed by atoms with Gasteiger partial charge in [0, 0.05) is 19.1 Å². The molecule has 92 valence electrons. The van der Waals surface area contributed by atoms with E-state index in [9.17, 15) is 0 Å². The SMILES string of the molecule is CC(C(N)=S)N1CCC2C(CCCN2C)C1. The fourth-order valence-corrected chi connectivity index (χ4v) is 3.36. The second-order valence-corrected chi connectivity index (χ2v) is 5.78. The first-order chi connectivity index (χ1) is 7.59. The summed E-state index contributed by atoms with van der Waals surface area (Å²) < 4.78 is 0. The zero-order valence-corrected chi connectivity index (χ0v) is 11.2. The van der Waals surface area contributed by atoms with E-state index in [1.54, 1.807) is 0 Å². The lowest BCUT2D eigenvalue weighted by atomic mass is 9.84. The Morgan fingerprint density at radius 1 is 1.38 bits per heavy atom. The van der Waals surface area contributed by atoms with Crippen LogP contribution in [0.3, 0.4) is 0 Å². The molecular formula is C12H23N3S. The predicted molar refractivity (Wildman–Crippen MR) is 71.6 cm³/mol. The van der Waals surface area contributed by atoms with Crippen LogP contribution in [0.15, 0.2) is 0 Å². The fraction of sp³-hybridized carbons (Fsp3) is 0.917. The van der Waals surface area contributed by atoms with Gasteiger partial charge in [-0.1, -0.05) is 12.2 Å². The molecule has 0 aromatic heterocycles. The van der Waals surface area contributed by atoms with E-state index in [4.69, 9.17) is 18.0 Å². The van der Waals surface area contributed by atoms with Crippen molar-refractivity contribution < 1.29 is 0 Å². The van der Waals surface area contributed by atoms with E-state index < -0.39 is 0 Å². The number of fused-ring (bicyclic) bond motifs is 1. The Kier molecular flexibility index (Phi) is 3.82. The summed E-state index contributed by atoms with van der Waals surface area (Å²) in [5.41, 5.74) is 5.74. The fourth-order valence-electron chi connectivity index (χ4n) is 3.21. The first kappa shape index (κ1) is 12.3. The molecule has 3 nitrogen and oxygen atoms in total. The molecule has 0 bridgehead atoms. The van der Waals surface area contributed by atoms with Crippen molar-refractivity contribution in [2.24, 2.45) is 11.7 Å². The molecule has 16 heavy (non-hydrogen) atoms. The molecule has 2 aliphatic rings. The lowest BCUT2D eigenvalue weighted by Crippen LogP contribution is -2.56. The molecule has 0 aromatic rings. The Labute approximate surface area is 104 Å². The van der Waals surface area contributed by atoms with Crippen LogP contribution in [0.2, 0.25) is 0 Å². The molecule has 3 atom stereocenters. The van der Waals surface area contributed by atoms with Crippen LogP contribution in [0.1, 0.15) is 26.2 Å². The van der Waals surface area contributed by atoms with Gasteiger partial charge in [-0.25, -0.2) is 0 Å². The smallest absolute Gasteiger partial charge is 0.0899 e. The number of hydrogen-bond acceptors (Lipinski definition) is 3. The molecule has 2 heterocycles. The van der Waals surface area contributed by atoms with E-state index in [1.165, 1.54) is 32.4 Å². The summed E-state index contributed by atoms with van der Waals surface area (Å²) in [7, 11) is 2.27. The molecule has 2 rings (SSSR count). The van der Waals surface area contributed by atoms with Gasteiger partial charge in [0.05, 0.1) is 11.0 Å². The van der Waals surface area contributed by atoms with E-state index in [-0.39, 0.29) is 6.04 Å². The Hall–Kier alpha value is -0.190. The van der Waals surface area contributed by atoms with Crippen molar-refractivity contribution in [2.75, 3.05) is 26.7 Å². The maximum atomic E-state index is 5.74. The first-order valence-electron chi connectivity index (χ1n) is 6.33. The minimum Gasteiger partial charge on any atom is -0.392 e. The van der Waals surface area contributed by atoms with Gasteiger partial charge in [0.25, 0.3) is 0 Å². The number of piperidine rings is 2. The molecule has 3 unspecified atom stereocenters. The normalized spacial score (nSPS) is 34.4. The standard InChI is InChI=1S/C12H23N3S/c1-9(12(13)16)15-7-5-11-10(8-15)4-3-6-14(11)2/h9-11H,3-8H2,1-2H3,(H2,13,16). The molecule has 0 aliphatic carbocycles. The zero-order valence-electron chi connectivity index (χ0n) is 10.4. The maximum Gasteiger partial charge on any atom is 0.0899 e. The third kappa shape index (κ3) is 2.39. The van der Waals surface area contributed by atoms with Crippen molar-refractivity contribution in [2.45, 2.75) is 38.3 Å². The number of thiocarbonyl (C=S) groups is 1. The highest BCUT2D eigenvalue weighted by Gasteiger charge is 2.35. The van der Waals surface area contributed by atoms with Crippen LogP contribution < -0.4 is 5.73 Å². The van der Waals surface area contributed by atoms with Gasteiger partial charge in [-0.05, 0) is 45.7 Å². The van der Waals surface area contributed by atoms with Crippen LogP contribution in [0.5, 0.6) is 0 Å². The van der Waals surface area contributed by atoms with Crippen LogP contribution in [0.4, 0.5) is 0 Å². The molecule has 0 aromatic carbocycles. The average Bonchev–Trinajstić information content (AvgIpc) is 2.28. The molecular weight excluding hydrogens is 218 g/mol. The highest BCUT2D eigenvalue weighted by atomic mass is 32.1. The van der Waals surface area contributed by atoms with Crippen LogP contribution in [-0.4, -0.2) is 53.6 Å². The molecule has 2 saturated heterocycles. The summed E-state index contributed by atoms with van der Waals surface area (Å²) in [6.07, 6.45) is 3.98. The Morgan fingerprint density at radius 2 is 2.12 bits per heavy atom.